The average Bonchev–Trinajstić information content (AvgIpc) is 2.62. The fourth-order valence-corrected chi connectivity index (χ4v) is 4.02. The van der Waals surface area contributed by atoms with Crippen molar-refractivity contribution in [2.75, 3.05) is 10.2 Å². The monoisotopic (exact) mass is 346 g/mol. The van der Waals surface area contributed by atoms with Gasteiger partial charge < -0.3 is 5.32 Å². The number of aryl methyl sites for hydroxylation is 2. The number of amides is 2. The number of carbonyl (C=O) groups excluding carboxylic acids is 1. The number of benzene rings is 3. The highest BCUT2D eigenvalue weighted by molar-refractivity contribution is 7.99. The lowest BCUT2D eigenvalue weighted by Crippen LogP contribution is -2.32. The van der Waals surface area contributed by atoms with E-state index >= 15 is 0 Å². The van der Waals surface area contributed by atoms with Crippen molar-refractivity contribution in [2.45, 2.75) is 23.6 Å². The second kappa shape index (κ2) is 6.30. The first kappa shape index (κ1) is 15.8. The lowest BCUT2D eigenvalue weighted by molar-refractivity contribution is 0.258. The molecule has 1 N–H and O–H groups in total. The van der Waals surface area contributed by atoms with Gasteiger partial charge in [-0.3, -0.25) is 4.90 Å². The Bertz CT molecular complexity index is 922. The number of nitrogens with zero attached hydrogens (tertiary/aromatic N) is 1. The second-order valence-electron chi connectivity index (χ2n) is 6.12. The number of rotatable bonds is 1. The van der Waals surface area contributed by atoms with E-state index in [4.69, 9.17) is 0 Å². The van der Waals surface area contributed by atoms with Crippen molar-refractivity contribution in [2.24, 2.45) is 0 Å². The van der Waals surface area contributed by atoms with Crippen LogP contribution in [-0.4, -0.2) is 6.03 Å². The third-order valence-corrected chi connectivity index (χ3v) is 5.40. The van der Waals surface area contributed by atoms with E-state index in [2.05, 4.69) is 5.32 Å². The molecule has 0 bridgehead atoms. The van der Waals surface area contributed by atoms with Crippen LogP contribution in [0.25, 0.3) is 0 Å². The predicted molar refractivity (Wildman–Crippen MR) is 104 cm³/mol. The zero-order chi connectivity index (χ0) is 17.4. The molecule has 25 heavy (non-hydrogen) atoms. The molecule has 0 atom stereocenters. The summed E-state index contributed by atoms with van der Waals surface area (Å²) in [5, 5.41) is 3.08. The van der Waals surface area contributed by atoms with Crippen molar-refractivity contribution in [1.29, 1.82) is 0 Å². The zero-order valence-corrected chi connectivity index (χ0v) is 14.9. The first-order valence-corrected chi connectivity index (χ1v) is 8.99. The molecule has 0 saturated heterocycles. The highest BCUT2D eigenvalue weighted by Crippen LogP contribution is 2.48. The Morgan fingerprint density at radius 3 is 2.12 bits per heavy atom. The summed E-state index contributed by atoms with van der Waals surface area (Å²) < 4.78 is 0. The largest absolute Gasteiger partial charge is 0.331 e. The summed E-state index contributed by atoms with van der Waals surface area (Å²) in [6.45, 7) is 4.03. The van der Waals surface area contributed by atoms with Crippen LogP contribution in [0.3, 0.4) is 0 Å². The maximum atomic E-state index is 13.2. The first-order chi connectivity index (χ1) is 12.1. The molecule has 0 spiro atoms. The molecule has 3 aromatic rings. The standard InChI is InChI=1S/C21H18N2OS/c1-14-11-12-15(2)16(13-14)22-21(24)23-17-7-3-5-9-19(17)25-20-10-6-4-8-18(20)23/h3-13H,1-2H3,(H,22,24). The van der Waals surface area contributed by atoms with Crippen molar-refractivity contribution in [3.63, 3.8) is 0 Å². The van der Waals surface area contributed by atoms with Crippen LogP contribution in [0.2, 0.25) is 0 Å². The average molecular weight is 346 g/mol. The van der Waals surface area contributed by atoms with Crippen LogP contribution < -0.4 is 10.2 Å². The summed E-state index contributed by atoms with van der Waals surface area (Å²) in [5.41, 5.74) is 4.84. The number of fused-ring (bicyclic) bond motifs is 2. The minimum atomic E-state index is -0.145. The fraction of sp³-hybridized carbons (Fsp3) is 0.0952. The molecular formula is C21H18N2OS. The van der Waals surface area contributed by atoms with E-state index in [0.717, 1.165) is 38.0 Å². The zero-order valence-electron chi connectivity index (χ0n) is 14.1. The molecule has 4 rings (SSSR count). The molecule has 124 valence electrons. The predicted octanol–water partition coefficient (Wildman–Crippen LogP) is 6.14. The third-order valence-electron chi connectivity index (χ3n) is 4.27. The molecular weight excluding hydrogens is 328 g/mol. The smallest absolute Gasteiger partial charge is 0.307 e. The van der Waals surface area contributed by atoms with E-state index in [0.29, 0.717) is 0 Å². The molecule has 2 amide bonds. The Balaban J connectivity index is 1.76. The minimum absolute atomic E-state index is 0.145. The second-order valence-corrected chi connectivity index (χ2v) is 7.21. The van der Waals surface area contributed by atoms with Gasteiger partial charge in [-0.1, -0.05) is 48.2 Å². The lowest BCUT2D eigenvalue weighted by atomic mass is 10.1. The molecule has 3 aromatic carbocycles. The third kappa shape index (κ3) is 2.89. The van der Waals surface area contributed by atoms with Gasteiger partial charge in [-0.15, -0.1) is 0 Å². The normalized spacial score (nSPS) is 12.3. The van der Waals surface area contributed by atoms with Crippen molar-refractivity contribution >= 4 is 34.9 Å². The topological polar surface area (TPSA) is 32.3 Å². The van der Waals surface area contributed by atoms with E-state index in [-0.39, 0.29) is 6.03 Å². The molecule has 4 heteroatoms. The molecule has 0 unspecified atom stereocenters. The summed E-state index contributed by atoms with van der Waals surface area (Å²) in [4.78, 5) is 17.1. The van der Waals surface area contributed by atoms with Crippen LogP contribution in [0, 0.1) is 13.8 Å². The van der Waals surface area contributed by atoms with Gasteiger partial charge in [0.1, 0.15) is 0 Å². The van der Waals surface area contributed by atoms with Crippen molar-refractivity contribution < 1.29 is 4.79 Å². The molecule has 1 aliphatic rings. The molecule has 0 saturated carbocycles. The number of carbonyl (C=O) groups is 1. The van der Waals surface area contributed by atoms with Crippen LogP contribution in [0.4, 0.5) is 21.9 Å². The lowest BCUT2D eigenvalue weighted by Gasteiger charge is -2.31. The molecule has 0 radical (unpaired) electrons. The van der Waals surface area contributed by atoms with Gasteiger partial charge in [-0.05, 0) is 55.3 Å². The SMILES string of the molecule is Cc1ccc(C)c(NC(=O)N2c3ccccc3Sc3ccccc32)c1. The van der Waals surface area contributed by atoms with Crippen molar-refractivity contribution in [3.8, 4) is 0 Å². The number of hydrogen-bond donors (Lipinski definition) is 1. The van der Waals surface area contributed by atoms with Gasteiger partial charge in [0.05, 0.1) is 11.4 Å². The van der Waals surface area contributed by atoms with E-state index in [1.54, 1.807) is 16.7 Å². The Morgan fingerprint density at radius 1 is 0.880 bits per heavy atom. The summed E-state index contributed by atoms with van der Waals surface area (Å²) >= 11 is 1.69. The highest BCUT2D eigenvalue weighted by atomic mass is 32.2. The maximum Gasteiger partial charge on any atom is 0.331 e. The molecule has 3 nitrogen and oxygen atoms in total. The fourth-order valence-electron chi connectivity index (χ4n) is 2.97. The van der Waals surface area contributed by atoms with Gasteiger partial charge in [0, 0.05) is 15.5 Å². The van der Waals surface area contributed by atoms with E-state index in [9.17, 15) is 4.79 Å². The number of urea groups is 1. The number of nitrogens with one attached hydrogen (secondary N) is 1. The van der Waals surface area contributed by atoms with Gasteiger partial charge in [0.2, 0.25) is 0 Å². The van der Waals surface area contributed by atoms with Crippen LogP contribution in [0.15, 0.2) is 76.5 Å². The Morgan fingerprint density at radius 2 is 1.48 bits per heavy atom. The Kier molecular flexibility index (Phi) is 3.98. The summed E-state index contributed by atoms with van der Waals surface area (Å²) in [7, 11) is 0. The van der Waals surface area contributed by atoms with Gasteiger partial charge in [0.25, 0.3) is 0 Å². The Hall–Kier alpha value is -2.72. The molecule has 0 fully saturated rings. The quantitative estimate of drug-likeness (QED) is 0.574. The van der Waals surface area contributed by atoms with Crippen LogP contribution in [0.1, 0.15) is 11.1 Å². The van der Waals surface area contributed by atoms with E-state index in [1.807, 2.05) is 80.6 Å². The van der Waals surface area contributed by atoms with Gasteiger partial charge in [0.15, 0.2) is 0 Å². The molecule has 1 aliphatic heterocycles. The summed E-state index contributed by atoms with van der Waals surface area (Å²) in [6.07, 6.45) is 0. The van der Waals surface area contributed by atoms with Crippen LogP contribution in [0.5, 0.6) is 0 Å². The van der Waals surface area contributed by atoms with E-state index < -0.39 is 0 Å². The minimum Gasteiger partial charge on any atom is -0.307 e. The molecule has 1 heterocycles. The van der Waals surface area contributed by atoms with Crippen molar-refractivity contribution in [3.05, 3.63) is 77.9 Å². The first-order valence-electron chi connectivity index (χ1n) is 8.18. The molecule has 0 aromatic heterocycles. The number of para-hydroxylation sites is 2. The Labute approximate surface area is 151 Å². The van der Waals surface area contributed by atoms with E-state index in [1.165, 1.54) is 0 Å². The highest BCUT2D eigenvalue weighted by Gasteiger charge is 2.28. The van der Waals surface area contributed by atoms with Crippen molar-refractivity contribution in [1.82, 2.24) is 0 Å². The van der Waals surface area contributed by atoms with Gasteiger partial charge in [-0.2, -0.15) is 0 Å². The molecule has 0 aliphatic carbocycles. The summed E-state index contributed by atoms with van der Waals surface area (Å²) in [5.74, 6) is 0. The maximum absolute atomic E-state index is 13.2. The van der Waals surface area contributed by atoms with Crippen LogP contribution in [-0.2, 0) is 0 Å². The van der Waals surface area contributed by atoms with Gasteiger partial charge in [-0.25, -0.2) is 4.79 Å². The number of anilines is 3. The van der Waals surface area contributed by atoms with Crippen LogP contribution >= 0.6 is 11.8 Å². The van der Waals surface area contributed by atoms with Gasteiger partial charge >= 0.3 is 6.03 Å². The summed E-state index contributed by atoms with van der Waals surface area (Å²) in [6, 6.07) is 21.9. The number of hydrogen-bond acceptors (Lipinski definition) is 2.